The van der Waals surface area contributed by atoms with Crippen LogP contribution < -0.4 is 4.72 Å². The highest BCUT2D eigenvalue weighted by molar-refractivity contribution is 7.89. The van der Waals surface area contributed by atoms with Gasteiger partial charge in [-0.1, -0.05) is 12.1 Å². The molecule has 10 heteroatoms. The number of halogens is 1. The average molecular weight is 452 g/mol. The number of hydrogen-bond acceptors (Lipinski definition) is 6. The third-order valence-electron chi connectivity index (χ3n) is 4.76. The Hall–Kier alpha value is -2.33. The molecule has 0 amide bonds. The zero-order chi connectivity index (χ0) is 21.2. The number of nitrogens with one attached hydrogen (secondary N) is 1. The van der Waals surface area contributed by atoms with Crippen LogP contribution in [0.2, 0.25) is 0 Å². The van der Waals surface area contributed by atoms with Crippen molar-refractivity contribution in [2.24, 2.45) is 0 Å². The van der Waals surface area contributed by atoms with Crippen LogP contribution in [0.3, 0.4) is 0 Å². The Labute approximate surface area is 183 Å². The van der Waals surface area contributed by atoms with Gasteiger partial charge in [-0.15, -0.1) is 22.6 Å². The van der Waals surface area contributed by atoms with Gasteiger partial charge in [-0.25, -0.2) is 17.8 Å². The van der Waals surface area contributed by atoms with Crippen LogP contribution in [0.4, 0.5) is 0 Å². The van der Waals surface area contributed by atoms with Crippen molar-refractivity contribution in [3.8, 4) is 17.1 Å². The first-order chi connectivity index (χ1) is 13.7. The predicted octanol–water partition coefficient (Wildman–Crippen LogP) is 2.91. The molecule has 3 rings (SSSR count). The molecule has 1 N–H and O–H groups in total. The lowest BCUT2D eigenvalue weighted by Gasteiger charge is -2.08. The van der Waals surface area contributed by atoms with Gasteiger partial charge in [-0.05, 0) is 57.0 Å². The van der Waals surface area contributed by atoms with Crippen molar-refractivity contribution in [3.63, 3.8) is 0 Å². The number of sulfonamides is 1. The normalized spacial score (nSPS) is 11.4. The van der Waals surface area contributed by atoms with E-state index in [9.17, 15) is 8.42 Å². The zero-order valence-corrected chi connectivity index (χ0v) is 19.3. The molecular formula is C20H26ClN5O3S. The maximum atomic E-state index is 12.6. The summed E-state index contributed by atoms with van der Waals surface area (Å²) in [4.78, 5) is 0.147. The third kappa shape index (κ3) is 4.86. The summed E-state index contributed by atoms with van der Waals surface area (Å²) in [6.45, 7) is 7.95. The molecule has 30 heavy (non-hydrogen) atoms. The summed E-state index contributed by atoms with van der Waals surface area (Å²) in [6.07, 6.45) is 0. The maximum Gasteiger partial charge on any atom is 0.244 e. The number of nitrogens with zero attached hydrogens (tertiary/aromatic N) is 4. The topological polar surface area (TPSA) is 99.0 Å². The fourth-order valence-corrected chi connectivity index (χ4v) is 4.49. The molecule has 0 aliphatic rings. The highest BCUT2D eigenvalue weighted by atomic mass is 35.5. The van der Waals surface area contributed by atoms with E-state index in [0.29, 0.717) is 17.2 Å². The second-order valence-electron chi connectivity index (χ2n) is 6.88. The number of aryl methyl sites for hydroxylation is 3. The number of aromatic nitrogens is 4. The number of methoxy groups -OCH3 is 1. The summed E-state index contributed by atoms with van der Waals surface area (Å²) in [6, 6.07) is 9.76. The second kappa shape index (κ2) is 9.65. The van der Waals surface area contributed by atoms with E-state index in [1.165, 1.54) is 22.9 Å². The standard InChI is InChI=1S/C20H25N5O3S.ClH/c1-13-6-7-17(12-14(13)2)18-8-9-19(23-22-18)25-16(4)20(15(3)24-25)29(26,27)21-10-11-28-5;/h6-9,12,21H,10-11H2,1-5H3;1H. The largest absolute Gasteiger partial charge is 0.383 e. The number of benzene rings is 1. The quantitative estimate of drug-likeness (QED) is 0.554. The van der Waals surface area contributed by atoms with E-state index in [0.717, 1.165) is 11.3 Å². The van der Waals surface area contributed by atoms with Gasteiger partial charge < -0.3 is 4.74 Å². The molecule has 162 valence electrons. The summed E-state index contributed by atoms with van der Waals surface area (Å²) in [5.41, 5.74) is 4.99. The lowest BCUT2D eigenvalue weighted by atomic mass is 10.0. The Bertz CT molecular complexity index is 1130. The van der Waals surface area contributed by atoms with E-state index in [4.69, 9.17) is 4.74 Å². The molecule has 0 aliphatic carbocycles. The van der Waals surface area contributed by atoms with Gasteiger partial charge in [0.05, 0.1) is 23.7 Å². The Kier molecular flexibility index (Phi) is 7.70. The minimum Gasteiger partial charge on any atom is -0.383 e. The third-order valence-corrected chi connectivity index (χ3v) is 6.47. The molecule has 0 spiro atoms. The van der Waals surface area contributed by atoms with Crippen molar-refractivity contribution >= 4 is 22.4 Å². The molecular weight excluding hydrogens is 426 g/mol. The first-order valence-electron chi connectivity index (χ1n) is 9.21. The Balaban J connectivity index is 0.00000320. The number of hydrogen-bond donors (Lipinski definition) is 1. The van der Waals surface area contributed by atoms with E-state index in [2.05, 4.69) is 46.0 Å². The number of rotatable bonds is 7. The predicted molar refractivity (Wildman–Crippen MR) is 118 cm³/mol. The second-order valence-corrected chi connectivity index (χ2v) is 8.58. The molecule has 0 radical (unpaired) electrons. The van der Waals surface area contributed by atoms with Gasteiger partial charge in [0.25, 0.3) is 0 Å². The van der Waals surface area contributed by atoms with Crippen molar-refractivity contribution in [3.05, 3.63) is 52.8 Å². The molecule has 0 bridgehead atoms. The van der Waals surface area contributed by atoms with E-state index in [1.807, 2.05) is 12.1 Å². The van der Waals surface area contributed by atoms with Gasteiger partial charge in [-0.2, -0.15) is 5.10 Å². The van der Waals surface area contributed by atoms with Gasteiger partial charge in [0, 0.05) is 19.2 Å². The van der Waals surface area contributed by atoms with Crippen molar-refractivity contribution in [1.82, 2.24) is 24.7 Å². The Morgan fingerprint density at radius 1 is 1.03 bits per heavy atom. The van der Waals surface area contributed by atoms with Gasteiger partial charge in [0.2, 0.25) is 10.0 Å². The summed E-state index contributed by atoms with van der Waals surface area (Å²) in [7, 11) is -2.19. The Morgan fingerprint density at radius 2 is 1.77 bits per heavy atom. The van der Waals surface area contributed by atoms with E-state index in [1.54, 1.807) is 19.9 Å². The van der Waals surface area contributed by atoms with Crippen LogP contribution in [0.15, 0.2) is 35.2 Å². The lowest BCUT2D eigenvalue weighted by molar-refractivity contribution is 0.204. The summed E-state index contributed by atoms with van der Waals surface area (Å²) in [5, 5.41) is 12.9. The molecule has 0 saturated heterocycles. The van der Waals surface area contributed by atoms with Crippen LogP contribution in [0.25, 0.3) is 17.1 Å². The highest BCUT2D eigenvalue weighted by Crippen LogP contribution is 2.23. The SMILES string of the molecule is COCCNS(=O)(=O)c1c(C)nn(-c2ccc(-c3ccc(C)c(C)c3)nn2)c1C.Cl. The van der Waals surface area contributed by atoms with Crippen LogP contribution in [0.1, 0.15) is 22.5 Å². The molecule has 0 aliphatic heterocycles. The fraction of sp³-hybridized carbons (Fsp3) is 0.350. The molecule has 0 fully saturated rings. The highest BCUT2D eigenvalue weighted by Gasteiger charge is 2.25. The molecule has 0 unspecified atom stereocenters. The molecule has 3 aromatic rings. The van der Waals surface area contributed by atoms with E-state index < -0.39 is 10.0 Å². The van der Waals surface area contributed by atoms with Gasteiger partial charge >= 0.3 is 0 Å². The average Bonchev–Trinajstić information content (AvgIpc) is 2.99. The zero-order valence-electron chi connectivity index (χ0n) is 17.6. The van der Waals surface area contributed by atoms with Crippen LogP contribution in [0.5, 0.6) is 0 Å². The minimum absolute atomic E-state index is 0. The summed E-state index contributed by atoms with van der Waals surface area (Å²) < 4.78 is 34.2. The minimum atomic E-state index is -3.70. The van der Waals surface area contributed by atoms with Gasteiger partial charge in [-0.3, -0.25) is 0 Å². The van der Waals surface area contributed by atoms with Crippen molar-refractivity contribution in [2.45, 2.75) is 32.6 Å². The summed E-state index contributed by atoms with van der Waals surface area (Å²) in [5.74, 6) is 0.455. The monoisotopic (exact) mass is 451 g/mol. The Morgan fingerprint density at radius 3 is 2.37 bits per heavy atom. The van der Waals surface area contributed by atoms with Gasteiger partial charge in [0.15, 0.2) is 5.82 Å². The summed E-state index contributed by atoms with van der Waals surface area (Å²) >= 11 is 0. The van der Waals surface area contributed by atoms with Crippen LogP contribution >= 0.6 is 12.4 Å². The molecule has 8 nitrogen and oxygen atoms in total. The smallest absolute Gasteiger partial charge is 0.244 e. The maximum absolute atomic E-state index is 12.6. The first-order valence-corrected chi connectivity index (χ1v) is 10.7. The molecule has 2 heterocycles. The molecule has 0 saturated carbocycles. The van der Waals surface area contributed by atoms with E-state index in [-0.39, 0.29) is 30.5 Å². The van der Waals surface area contributed by atoms with Crippen LogP contribution in [0, 0.1) is 27.7 Å². The van der Waals surface area contributed by atoms with Gasteiger partial charge in [0.1, 0.15) is 4.90 Å². The van der Waals surface area contributed by atoms with Crippen molar-refractivity contribution < 1.29 is 13.2 Å². The van der Waals surface area contributed by atoms with Crippen LogP contribution in [-0.2, 0) is 14.8 Å². The first kappa shape index (κ1) is 23.9. The molecule has 0 atom stereocenters. The van der Waals surface area contributed by atoms with Crippen LogP contribution in [-0.4, -0.2) is 48.7 Å². The van der Waals surface area contributed by atoms with Crippen molar-refractivity contribution in [1.29, 1.82) is 0 Å². The number of ether oxygens (including phenoxy) is 1. The lowest BCUT2D eigenvalue weighted by Crippen LogP contribution is -2.28. The molecule has 2 aromatic heterocycles. The van der Waals surface area contributed by atoms with Crippen molar-refractivity contribution in [2.75, 3.05) is 20.3 Å². The fourth-order valence-electron chi connectivity index (χ4n) is 3.08. The van der Waals surface area contributed by atoms with E-state index >= 15 is 0 Å². The molecule has 1 aromatic carbocycles.